The molecule has 1 aromatic rings. The van der Waals surface area contributed by atoms with Gasteiger partial charge in [-0.1, -0.05) is 25.4 Å². The third-order valence-electron chi connectivity index (χ3n) is 3.90. The van der Waals surface area contributed by atoms with Crippen LogP contribution in [0.1, 0.15) is 32.3 Å². The van der Waals surface area contributed by atoms with Gasteiger partial charge in [-0.25, -0.2) is 0 Å². The Labute approximate surface area is 121 Å². The van der Waals surface area contributed by atoms with Gasteiger partial charge in [0.2, 0.25) is 0 Å². The molecule has 108 valence electrons. The highest BCUT2D eigenvalue weighted by Gasteiger charge is 2.24. The molecular formula is C15H25ClN2O. The summed E-state index contributed by atoms with van der Waals surface area (Å²) < 4.78 is 5.69. The Hall–Kier alpha value is -0.770. The molecular weight excluding hydrogens is 260 g/mol. The first kappa shape index (κ1) is 16.3. The molecule has 0 saturated carbocycles. The number of rotatable bonds is 7. The van der Waals surface area contributed by atoms with Gasteiger partial charge in [0, 0.05) is 5.02 Å². The second kappa shape index (κ2) is 7.73. The molecule has 4 N–H and O–H groups in total. The minimum absolute atomic E-state index is 0.303. The van der Waals surface area contributed by atoms with Crippen LogP contribution in [0.25, 0.3) is 0 Å². The Balaban J connectivity index is 3.02. The SMILES string of the molecule is CCOc1ccc(Cl)cc1C(C)C(C)C(CN)CN. The Bertz CT molecular complexity index is 394. The topological polar surface area (TPSA) is 61.3 Å². The average molecular weight is 285 g/mol. The van der Waals surface area contributed by atoms with Crippen LogP contribution < -0.4 is 16.2 Å². The molecule has 1 aromatic carbocycles. The van der Waals surface area contributed by atoms with E-state index in [4.69, 9.17) is 27.8 Å². The minimum atomic E-state index is 0.303. The van der Waals surface area contributed by atoms with Crippen molar-refractivity contribution in [3.05, 3.63) is 28.8 Å². The van der Waals surface area contributed by atoms with Crippen LogP contribution in [-0.4, -0.2) is 19.7 Å². The Morgan fingerprint density at radius 1 is 1.21 bits per heavy atom. The van der Waals surface area contributed by atoms with E-state index in [1.807, 2.05) is 25.1 Å². The van der Waals surface area contributed by atoms with Crippen LogP contribution in [0, 0.1) is 11.8 Å². The highest BCUT2D eigenvalue weighted by molar-refractivity contribution is 6.30. The maximum Gasteiger partial charge on any atom is 0.122 e. The predicted octanol–water partition coefficient (Wildman–Crippen LogP) is 3.01. The zero-order valence-corrected chi connectivity index (χ0v) is 12.8. The number of hydrogen-bond acceptors (Lipinski definition) is 3. The molecule has 0 spiro atoms. The second-order valence-electron chi connectivity index (χ2n) is 4.99. The van der Waals surface area contributed by atoms with E-state index in [1.54, 1.807) is 0 Å². The van der Waals surface area contributed by atoms with E-state index in [1.165, 1.54) is 0 Å². The largest absolute Gasteiger partial charge is 0.494 e. The standard InChI is InChI=1S/C15H25ClN2O/c1-4-19-15-6-5-13(16)7-14(15)11(3)10(2)12(8-17)9-18/h5-7,10-12H,4,8-9,17-18H2,1-3H3. The highest BCUT2D eigenvalue weighted by atomic mass is 35.5. The van der Waals surface area contributed by atoms with Gasteiger partial charge in [-0.3, -0.25) is 0 Å². The van der Waals surface area contributed by atoms with E-state index < -0.39 is 0 Å². The number of ether oxygens (including phenoxy) is 1. The maximum atomic E-state index is 6.11. The van der Waals surface area contributed by atoms with Crippen LogP contribution in [0.3, 0.4) is 0 Å². The summed E-state index contributed by atoms with van der Waals surface area (Å²) in [6.07, 6.45) is 0. The molecule has 2 atom stereocenters. The van der Waals surface area contributed by atoms with Crippen molar-refractivity contribution in [1.82, 2.24) is 0 Å². The van der Waals surface area contributed by atoms with Gasteiger partial charge in [0.25, 0.3) is 0 Å². The first-order valence-corrected chi connectivity index (χ1v) is 7.25. The van der Waals surface area contributed by atoms with Crippen molar-refractivity contribution in [3.8, 4) is 5.75 Å². The van der Waals surface area contributed by atoms with Gasteiger partial charge < -0.3 is 16.2 Å². The number of hydrogen-bond donors (Lipinski definition) is 2. The summed E-state index contributed by atoms with van der Waals surface area (Å²) in [6.45, 7) is 8.20. The molecule has 4 heteroatoms. The van der Waals surface area contributed by atoms with Crippen molar-refractivity contribution in [2.75, 3.05) is 19.7 Å². The molecule has 0 amide bonds. The van der Waals surface area contributed by atoms with Gasteiger partial charge in [-0.05, 0) is 61.5 Å². The van der Waals surface area contributed by atoms with E-state index in [0.717, 1.165) is 16.3 Å². The van der Waals surface area contributed by atoms with E-state index in [9.17, 15) is 0 Å². The highest BCUT2D eigenvalue weighted by Crippen LogP contribution is 2.36. The van der Waals surface area contributed by atoms with Crippen molar-refractivity contribution in [2.45, 2.75) is 26.7 Å². The first-order valence-electron chi connectivity index (χ1n) is 6.87. The molecule has 1 rings (SSSR count). The summed E-state index contributed by atoms with van der Waals surface area (Å²) in [5, 5.41) is 0.731. The molecule has 0 aromatic heterocycles. The Morgan fingerprint density at radius 2 is 1.84 bits per heavy atom. The fourth-order valence-electron chi connectivity index (χ4n) is 2.38. The molecule has 0 fully saturated rings. The Kier molecular flexibility index (Phi) is 6.63. The monoisotopic (exact) mass is 284 g/mol. The van der Waals surface area contributed by atoms with Crippen LogP contribution >= 0.6 is 11.6 Å². The molecule has 0 radical (unpaired) electrons. The van der Waals surface area contributed by atoms with Gasteiger partial charge in [-0.2, -0.15) is 0 Å². The molecule has 0 aliphatic carbocycles. The van der Waals surface area contributed by atoms with Crippen molar-refractivity contribution in [3.63, 3.8) is 0 Å². The van der Waals surface area contributed by atoms with Gasteiger partial charge in [-0.15, -0.1) is 0 Å². The molecule has 0 bridgehead atoms. The summed E-state index contributed by atoms with van der Waals surface area (Å²) >= 11 is 6.11. The van der Waals surface area contributed by atoms with E-state index >= 15 is 0 Å². The molecule has 3 nitrogen and oxygen atoms in total. The lowest BCUT2D eigenvalue weighted by Crippen LogP contribution is -2.31. The van der Waals surface area contributed by atoms with Crippen LogP contribution in [0.2, 0.25) is 5.02 Å². The summed E-state index contributed by atoms with van der Waals surface area (Å²) in [6, 6.07) is 5.78. The second-order valence-corrected chi connectivity index (χ2v) is 5.43. The third kappa shape index (κ3) is 4.10. The van der Waals surface area contributed by atoms with Gasteiger partial charge in [0.05, 0.1) is 6.61 Å². The van der Waals surface area contributed by atoms with E-state index in [2.05, 4.69) is 13.8 Å². The zero-order chi connectivity index (χ0) is 14.4. The number of halogens is 1. The van der Waals surface area contributed by atoms with E-state index in [0.29, 0.717) is 37.5 Å². The van der Waals surface area contributed by atoms with Crippen molar-refractivity contribution in [2.24, 2.45) is 23.3 Å². The molecule has 0 saturated heterocycles. The first-order chi connectivity index (χ1) is 9.04. The molecule has 0 aliphatic rings. The summed E-state index contributed by atoms with van der Waals surface area (Å²) in [4.78, 5) is 0. The van der Waals surface area contributed by atoms with E-state index in [-0.39, 0.29) is 0 Å². The number of benzene rings is 1. The molecule has 0 heterocycles. The van der Waals surface area contributed by atoms with Crippen molar-refractivity contribution < 1.29 is 4.74 Å². The van der Waals surface area contributed by atoms with Crippen molar-refractivity contribution in [1.29, 1.82) is 0 Å². The molecule has 2 unspecified atom stereocenters. The van der Waals surface area contributed by atoms with Gasteiger partial charge in [0.15, 0.2) is 0 Å². The van der Waals surface area contributed by atoms with Gasteiger partial charge in [0.1, 0.15) is 5.75 Å². The van der Waals surface area contributed by atoms with Crippen LogP contribution in [0.15, 0.2) is 18.2 Å². The normalized spacial score (nSPS) is 14.5. The number of nitrogens with two attached hydrogens (primary N) is 2. The molecule has 19 heavy (non-hydrogen) atoms. The van der Waals surface area contributed by atoms with Crippen LogP contribution in [0.5, 0.6) is 5.75 Å². The Morgan fingerprint density at radius 3 is 2.37 bits per heavy atom. The smallest absolute Gasteiger partial charge is 0.122 e. The summed E-state index contributed by atoms with van der Waals surface area (Å²) in [5.74, 6) is 1.90. The lowest BCUT2D eigenvalue weighted by atomic mass is 9.80. The van der Waals surface area contributed by atoms with Crippen LogP contribution in [0.4, 0.5) is 0 Å². The van der Waals surface area contributed by atoms with Crippen molar-refractivity contribution >= 4 is 11.6 Å². The summed E-state index contributed by atoms with van der Waals surface area (Å²) in [5.41, 5.74) is 12.7. The lowest BCUT2D eigenvalue weighted by molar-refractivity contribution is 0.305. The van der Waals surface area contributed by atoms with Gasteiger partial charge >= 0.3 is 0 Å². The zero-order valence-electron chi connectivity index (χ0n) is 12.0. The van der Waals surface area contributed by atoms with Crippen LogP contribution in [-0.2, 0) is 0 Å². The minimum Gasteiger partial charge on any atom is -0.494 e. The fraction of sp³-hybridized carbons (Fsp3) is 0.600. The summed E-state index contributed by atoms with van der Waals surface area (Å²) in [7, 11) is 0. The third-order valence-corrected chi connectivity index (χ3v) is 4.14. The fourth-order valence-corrected chi connectivity index (χ4v) is 2.56. The predicted molar refractivity (Wildman–Crippen MR) is 81.8 cm³/mol. The maximum absolute atomic E-state index is 6.11. The molecule has 0 aliphatic heterocycles. The average Bonchev–Trinajstić information content (AvgIpc) is 2.41. The quantitative estimate of drug-likeness (QED) is 0.809. The lowest BCUT2D eigenvalue weighted by Gasteiger charge is -2.28.